The van der Waals surface area contributed by atoms with Crippen LogP contribution in [0.15, 0.2) is 54.6 Å². The fourth-order valence-corrected chi connectivity index (χ4v) is 3.69. The number of benzene rings is 3. The minimum atomic E-state index is -4.48. The number of aromatic nitrogens is 4. The van der Waals surface area contributed by atoms with E-state index in [1.54, 1.807) is 30.3 Å². The van der Waals surface area contributed by atoms with Crippen LogP contribution in [0.5, 0.6) is 0 Å². The summed E-state index contributed by atoms with van der Waals surface area (Å²) in [6, 6.07) is 13.7. The Kier molecular flexibility index (Phi) is 8.34. The van der Waals surface area contributed by atoms with Crippen molar-refractivity contribution in [1.82, 2.24) is 19.9 Å². The fourth-order valence-electron chi connectivity index (χ4n) is 3.48. The molecule has 3 aromatic carbocycles. The zero-order valence-electron chi connectivity index (χ0n) is 17.4. The highest BCUT2D eigenvalue weighted by atomic mass is 35.5. The van der Waals surface area contributed by atoms with E-state index in [0.29, 0.717) is 27.9 Å². The number of imidazole rings is 2. The van der Waals surface area contributed by atoms with E-state index in [2.05, 4.69) is 19.9 Å². The molecule has 0 unspecified atom stereocenters. The maximum atomic E-state index is 13.1. The van der Waals surface area contributed by atoms with Gasteiger partial charge in [-0.3, -0.25) is 5.41 Å². The Hall–Kier alpha value is -2.98. The summed E-state index contributed by atoms with van der Waals surface area (Å²) in [6.07, 6.45) is -4.48. The summed E-state index contributed by atoms with van der Waals surface area (Å²) >= 11 is 6.15. The molecule has 5 rings (SSSR count). The molecule has 5 aromatic rings. The molecule has 0 radical (unpaired) electrons. The lowest BCUT2D eigenvalue weighted by Gasteiger charge is -2.08. The van der Waals surface area contributed by atoms with Gasteiger partial charge >= 0.3 is 6.18 Å². The molecule has 0 bridgehead atoms. The van der Waals surface area contributed by atoms with E-state index in [4.69, 9.17) is 22.7 Å². The number of H-pyrrole nitrogens is 2. The molecule has 0 saturated heterocycles. The van der Waals surface area contributed by atoms with Crippen molar-refractivity contribution in [2.45, 2.75) is 6.18 Å². The Morgan fingerprint density at radius 1 is 0.829 bits per heavy atom. The number of aromatic amines is 2. The molecule has 2 aromatic heterocycles. The van der Waals surface area contributed by atoms with Gasteiger partial charge in [-0.1, -0.05) is 11.6 Å². The molecule has 13 heteroatoms. The Morgan fingerprint density at radius 2 is 1.43 bits per heavy atom. The van der Waals surface area contributed by atoms with Crippen LogP contribution in [0.3, 0.4) is 0 Å². The molecular formula is C22H17Cl4F3N6. The van der Waals surface area contributed by atoms with Crippen molar-refractivity contribution in [3.8, 4) is 22.8 Å². The third kappa shape index (κ3) is 5.33. The van der Waals surface area contributed by atoms with Gasteiger partial charge in [-0.15, -0.1) is 37.2 Å². The number of nitrogens with zero attached hydrogens (tertiary/aromatic N) is 2. The zero-order valence-corrected chi connectivity index (χ0v) is 20.6. The van der Waals surface area contributed by atoms with Gasteiger partial charge in [-0.2, -0.15) is 13.2 Å². The number of hydrogen-bond donors (Lipinski definition) is 4. The first kappa shape index (κ1) is 28.3. The summed E-state index contributed by atoms with van der Waals surface area (Å²) < 4.78 is 39.3. The smallest absolute Gasteiger partial charge is 0.384 e. The molecular weight excluding hydrogens is 547 g/mol. The summed E-state index contributed by atoms with van der Waals surface area (Å²) in [5.41, 5.74) is 8.89. The van der Waals surface area contributed by atoms with Crippen molar-refractivity contribution in [3.05, 3.63) is 70.7 Å². The molecule has 0 aliphatic rings. The van der Waals surface area contributed by atoms with Crippen LogP contribution in [0.1, 0.15) is 11.1 Å². The molecule has 0 atom stereocenters. The first-order valence-corrected chi connectivity index (χ1v) is 9.78. The van der Waals surface area contributed by atoms with Crippen LogP contribution in [0, 0.1) is 5.41 Å². The van der Waals surface area contributed by atoms with Gasteiger partial charge in [-0.05, 0) is 54.6 Å². The average molecular weight is 564 g/mol. The van der Waals surface area contributed by atoms with Crippen molar-refractivity contribution >= 4 is 76.7 Å². The predicted octanol–water partition coefficient (Wildman–Crippen LogP) is 6.99. The highest BCUT2D eigenvalue weighted by Gasteiger charge is 2.31. The lowest BCUT2D eigenvalue weighted by atomic mass is 10.1. The van der Waals surface area contributed by atoms with E-state index in [1.807, 2.05) is 6.07 Å². The minimum Gasteiger partial charge on any atom is -0.384 e. The van der Waals surface area contributed by atoms with Crippen LogP contribution >= 0.6 is 48.8 Å². The van der Waals surface area contributed by atoms with E-state index in [-0.39, 0.29) is 59.5 Å². The van der Waals surface area contributed by atoms with Gasteiger partial charge in [-0.25, -0.2) is 9.97 Å². The van der Waals surface area contributed by atoms with E-state index >= 15 is 0 Å². The number of amidine groups is 1. The number of nitrogens with two attached hydrogens (primary N) is 1. The highest BCUT2D eigenvalue weighted by Crippen LogP contribution is 2.36. The van der Waals surface area contributed by atoms with Gasteiger partial charge in [0.15, 0.2) is 0 Å². The van der Waals surface area contributed by atoms with Crippen molar-refractivity contribution in [1.29, 1.82) is 5.41 Å². The third-order valence-electron chi connectivity index (χ3n) is 5.10. The van der Waals surface area contributed by atoms with Crippen LogP contribution in [0.4, 0.5) is 13.2 Å². The highest BCUT2D eigenvalue weighted by molar-refractivity contribution is 6.33. The largest absolute Gasteiger partial charge is 0.416 e. The number of nitrogen functional groups attached to an aromatic ring is 1. The molecule has 2 heterocycles. The second-order valence-electron chi connectivity index (χ2n) is 7.24. The number of fused-ring (bicyclic) bond motifs is 2. The fraction of sp³-hybridized carbons (Fsp3) is 0.0455. The Morgan fingerprint density at radius 3 is 2.09 bits per heavy atom. The molecule has 184 valence electrons. The Balaban J connectivity index is 0.00000144. The molecule has 0 fully saturated rings. The normalized spacial score (nSPS) is 11.0. The van der Waals surface area contributed by atoms with E-state index in [0.717, 1.165) is 23.2 Å². The quantitative estimate of drug-likeness (QED) is 0.140. The summed E-state index contributed by atoms with van der Waals surface area (Å²) in [5, 5.41) is 7.73. The number of alkyl halides is 3. The van der Waals surface area contributed by atoms with Crippen LogP contribution < -0.4 is 5.73 Å². The lowest BCUT2D eigenvalue weighted by molar-refractivity contribution is -0.137. The lowest BCUT2D eigenvalue weighted by Crippen LogP contribution is -2.10. The Bertz CT molecular complexity index is 1530. The third-order valence-corrected chi connectivity index (χ3v) is 5.43. The van der Waals surface area contributed by atoms with Crippen LogP contribution in [0.2, 0.25) is 5.02 Å². The van der Waals surface area contributed by atoms with E-state index in [1.165, 1.54) is 6.07 Å². The Labute approximate surface area is 220 Å². The number of hydrogen-bond acceptors (Lipinski definition) is 3. The predicted molar refractivity (Wildman–Crippen MR) is 139 cm³/mol. The molecule has 0 aliphatic carbocycles. The average Bonchev–Trinajstić information content (AvgIpc) is 3.35. The number of nitrogens with one attached hydrogen (secondary N) is 3. The van der Waals surface area contributed by atoms with Crippen molar-refractivity contribution < 1.29 is 13.2 Å². The van der Waals surface area contributed by atoms with Gasteiger partial charge < -0.3 is 15.7 Å². The molecule has 0 aliphatic heterocycles. The van der Waals surface area contributed by atoms with E-state index < -0.39 is 11.7 Å². The van der Waals surface area contributed by atoms with Crippen molar-refractivity contribution in [3.63, 3.8) is 0 Å². The van der Waals surface area contributed by atoms with Crippen LogP contribution in [0.25, 0.3) is 44.8 Å². The molecule has 6 nitrogen and oxygen atoms in total. The molecule has 0 saturated carbocycles. The monoisotopic (exact) mass is 562 g/mol. The van der Waals surface area contributed by atoms with Gasteiger partial charge in [0.05, 0.1) is 32.7 Å². The SMILES string of the molecule is Cl.Cl.Cl.N=C(N)c1ccc2nc(-c3ccc4nc(-c5cc(C(F)(F)F)ccc5Cl)[nH]c4c3)[nH]c2c1. The topological polar surface area (TPSA) is 107 Å². The summed E-state index contributed by atoms with van der Waals surface area (Å²) in [6.45, 7) is 0. The molecule has 0 amide bonds. The van der Waals surface area contributed by atoms with Gasteiger partial charge in [0.1, 0.15) is 17.5 Å². The second kappa shape index (κ2) is 10.3. The van der Waals surface area contributed by atoms with E-state index in [9.17, 15) is 13.2 Å². The maximum Gasteiger partial charge on any atom is 0.416 e. The summed E-state index contributed by atoms with van der Waals surface area (Å²) in [5.74, 6) is 0.794. The summed E-state index contributed by atoms with van der Waals surface area (Å²) in [4.78, 5) is 15.2. The number of halogens is 7. The van der Waals surface area contributed by atoms with Gasteiger partial charge in [0.25, 0.3) is 0 Å². The maximum absolute atomic E-state index is 13.1. The van der Waals surface area contributed by atoms with Gasteiger partial charge in [0, 0.05) is 16.7 Å². The van der Waals surface area contributed by atoms with Crippen molar-refractivity contribution in [2.75, 3.05) is 0 Å². The minimum absolute atomic E-state index is 0. The first-order chi connectivity index (χ1) is 15.2. The molecule has 5 N–H and O–H groups in total. The second-order valence-corrected chi connectivity index (χ2v) is 7.65. The standard InChI is InChI=1S/C22H14ClF3N6.3ClH/c23-14-4-3-12(22(24,25)26)9-13(14)21-30-16-6-2-11(8-18(16)32-21)20-29-15-5-1-10(19(27)28)7-17(15)31-20;;;/h1-9H,(H3,27,28)(H,29,31)(H,30,32);3*1H. The van der Waals surface area contributed by atoms with Crippen molar-refractivity contribution in [2.24, 2.45) is 5.73 Å². The molecule has 0 spiro atoms. The van der Waals surface area contributed by atoms with Crippen LogP contribution in [-0.4, -0.2) is 25.8 Å². The first-order valence-electron chi connectivity index (χ1n) is 9.40. The number of rotatable bonds is 3. The summed E-state index contributed by atoms with van der Waals surface area (Å²) in [7, 11) is 0. The van der Waals surface area contributed by atoms with Gasteiger partial charge in [0.2, 0.25) is 0 Å². The zero-order chi connectivity index (χ0) is 22.6. The van der Waals surface area contributed by atoms with Crippen LogP contribution in [-0.2, 0) is 6.18 Å². The molecule has 35 heavy (non-hydrogen) atoms.